The van der Waals surface area contributed by atoms with Crippen LogP contribution in [0.4, 0.5) is 4.39 Å². The second-order valence-electron chi connectivity index (χ2n) is 10.3. The van der Waals surface area contributed by atoms with Gasteiger partial charge >= 0.3 is 0 Å². The van der Waals surface area contributed by atoms with E-state index >= 15 is 0 Å². The molecule has 1 saturated carbocycles. The molecule has 2 aromatic rings. The van der Waals surface area contributed by atoms with Gasteiger partial charge in [-0.25, -0.2) is 4.39 Å². The summed E-state index contributed by atoms with van der Waals surface area (Å²) >= 11 is 0. The maximum absolute atomic E-state index is 15.0. The SMILES string of the molecule is C/C=C(C)/C=C/C1CCC(c2ccc(-c3cc(F)c(OC(C)CCCCCC)c(P)c3)cc2)CC1. The number of benzene rings is 2. The molecular weight excluding hydrogens is 450 g/mol. The van der Waals surface area contributed by atoms with Crippen molar-refractivity contribution >= 4 is 14.5 Å². The van der Waals surface area contributed by atoms with E-state index < -0.39 is 0 Å². The first kappa shape index (κ1) is 27.7. The van der Waals surface area contributed by atoms with Gasteiger partial charge in [-0.3, -0.25) is 0 Å². The molecule has 1 nitrogen and oxygen atoms in total. The highest BCUT2D eigenvalue weighted by atomic mass is 31.0. The molecule has 0 saturated heterocycles. The van der Waals surface area contributed by atoms with E-state index in [4.69, 9.17) is 4.74 Å². The van der Waals surface area contributed by atoms with Crippen molar-refractivity contribution in [2.24, 2.45) is 5.92 Å². The molecular formula is C32H44FOP. The van der Waals surface area contributed by atoms with Gasteiger partial charge in [0.1, 0.15) is 0 Å². The molecule has 1 aliphatic rings. The van der Waals surface area contributed by atoms with Gasteiger partial charge in [0.25, 0.3) is 0 Å². The number of rotatable bonds is 11. The highest BCUT2D eigenvalue weighted by molar-refractivity contribution is 7.27. The molecule has 0 bridgehead atoms. The van der Waals surface area contributed by atoms with Crippen molar-refractivity contribution in [3.05, 3.63) is 71.6 Å². The van der Waals surface area contributed by atoms with E-state index in [-0.39, 0.29) is 11.9 Å². The summed E-state index contributed by atoms with van der Waals surface area (Å²) in [7, 11) is 2.66. The van der Waals surface area contributed by atoms with Crippen LogP contribution in [-0.2, 0) is 0 Å². The Morgan fingerprint density at radius 1 is 1.06 bits per heavy atom. The molecule has 0 heterocycles. The van der Waals surface area contributed by atoms with Gasteiger partial charge < -0.3 is 4.74 Å². The largest absolute Gasteiger partial charge is 0.487 e. The zero-order valence-corrected chi connectivity index (χ0v) is 23.3. The molecule has 0 aromatic heterocycles. The molecule has 0 radical (unpaired) electrons. The summed E-state index contributed by atoms with van der Waals surface area (Å²) in [5, 5.41) is 0.781. The first-order valence-electron chi connectivity index (χ1n) is 13.6. The smallest absolute Gasteiger partial charge is 0.166 e. The number of allylic oxidation sites excluding steroid dienone is 4. The quantitative estimate of drug-likeness (QED) is 0.172. The standard InChI is InChI=1S/C32H44FOP/c1-5-7-8-9-10-24(4)34-32-30(33)21-29(22-31(32)35)28-19-17-27(18-20-28)26-15-13-25(14-16-26)12-11-23(3)6-2/h6,11-12,17-22,24-26H,5,7-10,13-16,35H2,1-4H3/b12-11+,23-6+. The molecule has 2 atom stereocenters. The summed E-state index contributed by atoms with van der Waals surface area (Å²) in [5.41, 5.74) is 4.69. The molecule has 0 aliphatic heterocycles. The Kier molecular flexibility index (Phi) is 11.1. The first-order chi connectivity index (χ1) is 16.9. The number of unbranched alkanes of at least 4 members (excludes halogenated alkanes) is 3. The molecule has 1 aliphatic carbocycles. The van der Waals surface area contributed by atoms with Gasteiger partial charge in [-0.1, -0.05) is 74.3 Å². The van der Waals surface area contributed by atoms with E-state index in [2.05, 4.69) is 72.5 Å². The highest BCUT2D eigenvalue weighted by Gasteiger charge is 2.21. The third-order valence-electron chi connectivity index (χ3n) is 7.43. The van der Waals surface area contributed by atoms with Crippen LogP contribution in [-0.4, -0.2) is 6.10 Å². The second kappa shape index (κ2) is 14.0. The highest BCUT2D eigenvalue weighted by Crippen LogP contribution is 2.37. The average molecular weight is 495 g/mol. The molecule has 0 N–H and O–H groups in total. The minimum absolute atomic E-state index is 0.0171. The normalized spacial score (nSPS) is 19.8. The van der Waals surface area contributed by atoms with Crippen LogP contribution in [0, 0.1) is 11.7 Å². The van der Waals surface area contributed by atoms with E-state index in [9.17, 15) is 4.39 Å². The van der Waals surface area contributed by atoms with Gasteiger partial charge in [0.2, 0.25) is 0 Å². The van der Waals surface area contributed by atoms with Crippen LogP contribution in [0.15, 0.2) is 60.2 Å². The molecule has 3 heteroatoms. The van der Waals surface area contributed by atoms with E-state index in [1.165, 1.54) is 56.1 Å². The topological polar surface area (TPSA) is 9.23 Å². The van der Waals surface area contributed by atoms with Crippen LogP contribution >= 0.6 is 9.24 Å². The van der Waals surface area contributed by atoms with Gasteiger partial charge in [0, 0.05) is 5.30 Å². The zero-order chi connectivity index (χ0) is 25.2. The Morgan fingerprint density at radius 2 is 1.77 bits per heavy atom. The lowest BCUT2D eigenvalue weighted by Gasteiger charge is -2.27. The van der Waals surface area contributed by atoms with Crippen molar-refractivity contribution < 1.29 is 9.13 Å². The summed E-state index contributed by atoms with van der Waals surface area (Å²) in [4.78, 5) is 0. The van der Waals surface area contributed by atoms with Crippen molar-refractivity contribution in [3.8, 4) is 16.9 Å². The molecule has 0 spiro atoms. The summed E-state index contributed by atoms with van der Waals surface area (Å²) < 4.78 is 21.0. The molecule has 35 heavy (non-hydrogen) atoms. The van der Waals surface area contributed by atoms with Crippen LogP contribution in [0.2, 0.25) is 0 Å². The average Bonchev–Trinajstić information content (AvgIpc) is 2.87. The first-order valence-corrected chi connectivity index (χ1v) is 14.2. The molecule has 190 valence electrons. The molecule has 2 unspecified atom stereocenters. The van der Waals surface area contributed by atoms with Crippen molar-refractivity contribution in [1.29, 1.82) is 0 Å². The Bertz CT molecular complexity index is 960. The lowest BCUT2D eigenvalue weighted by atomic mass is 9.78. The fourth-order valence-corrected chi connectivity index (χ4v) is 5.39. The minimum atomic E-state index is -0.281. The number of hydrogen-bond donors (Lipinski definition) is 0. The Hall–Kier alpha value is -1.92. The van der Waals surface area contributed by atoms with Crippen LogP contribution in [0.5, 0.6) is 5.75 Å². The third kappa shape index (κ3) is 8.32. The number of hydrogen-bond acceptors (Lipinski definition) is 1. The summed E-state index contributed by atoms with van der Waals surface area (Å²) in [6, 6.07) is 12.4. The van der Waals surface area contributed by atoms with Gasteiger partial charge in [-0.2, -0.15) is 0 Å². The van der Waals surface area contributed by atoms with E-state index in [0.717, 1.165) is 29.3 Å². The fourth-order valence-electron chi connectivity index (χ4n) is 5.00. The van der Waals surface area contributed by atoms with Gasteiger partial charge in [0.05, 0.1) is 6.10 Å². The number of ether oxygens (including phenoxy) is 1. The third-order valence-corrected chi connectivity index (χ3v) is 7.86. The molecule has 0 amide bonds. The summed E-state index contributed by atoms with van der Waals surface area (Å²) in [6.45, 7) is 8.50. The number of halogens is 1. The Labute approximate surface area is 215 Å². The van der Waals surface area contributed by atoms with Crippen LogP contribution < -0.4 is 10.0 Å². The van der Waals surface area contributed by atoms with Crippen LogP contribution in [0.1, 0.15) is 97.0 Å². The van der Waals surface area contributed by atoms with Crippen molar-refractivity contribution in [2.75, 3.05) is 0 Å². The summed E-state index contributed by atoms with van der Waals surface area (Å²) in [5.74, 6) is 1.41. The van der Waals surface area contributed by atoms with Crippen molar-refractivity contribution in [1.82, 2.24) is 0 Å². The van der Waals surface area contributed by atoms with E-state index in [0.29, 0.717) is 17.6 Å². The van der Waals surface area contributed by atoms with E-state index in [1.807, 2.05) is 13.0 Å². The van der Waals surface area contributed by atoms with Crippen LogP contribution in [0.3, 0.4) is 0 Å². The van der Waals surface area contributed by atoms with Gasteiger partial charge in [-0.15, -0.1) is 9.24 Å². The monoisotopic (exact) mass is 494 g/mol. The molecule has 2 aromatic carbocycles. The van der Waals surface area contributed by atoms with Gasteiger partial charge in [0.15, 0.2) is 11.6 Å². The second-order valence-corrected chi connectivity index (χ2v) is 10.9. The lowest BCUT2D eigenvalue weighted by Crippen LogP contribution is -2.16. The van der Waals surface area contributed by atoms with Crippen LogP contribution in [0.25, 0.3) is 11.1 Å². The Balaban J connectivity index is 1.60. The Morgan fingerprint density at radius 3 is 2.40 bits per heavy atom. The zero-order valence-electron chi connectivity index (χ0n) is 22.2. The van der Waals surface area contributed by atoms with E-state index in [1.54, 1.807) is 6.07 Å². The molecule has 1 fully saturated rings. The molecule has 3 rings (SSSR count). The van der Waals surface area contributed by atoms with Crippen molar-refractivity contribution in [3.63, 3.8) is 0 Å². The predicted molar refractivity (Wildman–Crippen MR) is 153 cm³/mol. The fraction of sp³-hybridized carbons (Fsp3) is 0.500. The summed E-state index contributed by atoms with van der Waals surface area (Å²) in [6.07, 6.45) is 17.6. The maximum Gasteiger partial charge on any atom is 0.166 e. The predicted octanol–water partition coefficient (Wildman–Crippen LogP) is 9.53. The van der Waals surface area contributed by atoms with Gasteiger partial charge in [-0.05, 0) is 100.0 Å². The van der Waals surface area contributed by atoms with Crippen molar-refractivity contribution in [2.45, 2.75) is 97.5 Å². The lowest BCUT2D eigenvalue weighted by molar-refractivity contribution is 0.199. The maximum atomic E-state index is 15.0. The minimum Gasteiger partial charge on any atom is -0.487 e.